The van der Waals surface area contributed by atoms with E-state index < -0.39 is 0 Å². The van der Waals surface area contributed by atoms with Crippen molar-refractivity contribution in [1.29, 1.82) is 0 Å². The SMILES string of the molecule is CC.CC.CNC(=O)/C=C(\C)c1ccc(OC2CCc3c(-c4ccc(OC)cc4Cl)cccc32)cc1. The van der Waals surface area contributed by atoms with Crippen LogP contribution in [0.25, 0.3) is 16.7 Å². The van der Waals surface area contributed by atoms with Crippen LogP contribution >= 0.6 is 11.6 Å². The molecule has 3 aromatic rings. The van der Waals surface area contributed by atoms with Crippen LogP contribution in [-0.4, -0.2) is 20.1 Å². The zero-order chi connectivity index (χ0) is 26.7. The fourth-order valence-electron chi connectivity index (χ4n) is 4.15. The van der Waals surface area contributed by atoms with E-state index in [1.165, 1.54) is 11.1 Å². The molecule has 192 valence electrons. The van der Waals surface area contributed by atoms with E-state index in [1.807, 2.05) is 77.1 Å². The second-order valence-corrected chi connectivity index (χ2v) is 8.24. The van der Waals surface area contributed by atoms with Gasteiger partial charge < -0.3 is 14.8 Å². The molecule has 0 saturated heterocycles. The van der Waals surface area contributed by atoms with Crippen molar-refractivity contribution in [3.63, 3.8) is 0 Å². The van der Waals surface area contributed by atoms with Crippen molar-refractivity contribution in [3.05, 3.63) is 88.5 Å². The van der Waals surface area contributed by atoms with Gasteiger partial charge in [-0.05, 0) is 77.9 Å². The number of carbonyl (C=O) groups excluding carboxylic acids is 1. The molecular formula is C31H38ClNO3. The van der Waals surface area contributed by atoms with E-state index in [1.54, 1.807) is 20.2 Å². The molecule has 1 aliphatic carbocycles. The number of methoxy groups -OCH3 is 1. The first-order valence-corrected chi connectivity index (χ1v) is 13.0. The van der Waals surface area contributed by atoms with Crippen molar-refractivity contribution in [2.24, 2.45) is 0 Å². The summed E-state index contributed by atoms with van der Waals surface area (Å²) in [5.74, 6) is 1.45. The maximum Gasteiger partial charge on any atom is 0.244 e. The number of ether oxygens (including phenoxy) is 2. The monoisotopic (exact) mass is 507 g/mol. The van der Waals surface area contributed by atoms with Gasteiger partial charge >= 0.3 is 0 Å². The van der Waals surface area contributed by atoms with Crippen LogP contribution in [0.3, 0.4) is 0 Å². The third kappa shape index (κ3) is 6.92. The molecule has 36 heavy (non-hydrogen) atoms. The number of halogens is 1. The van der Waals surface area contributed by atoms with E-state index in [4.69, 9.17) is 21.1 Å². The normalized spacial score (nSPS) is 13.9. The van der Waals surface area contributed by atoms with Gasteiger partial charge in [-0.15, -0.1) is 0 Å². The van der Waals surface area contributed by atoms with Crippen molar-refractivity contribution in [2.45, 2.75) is 53.6 Å². The summed E-state index contributed by atoms with van der Waals surface area (Å²) in [5, 5.41) is 3.28. The Hall–Kier alpha value is -3.24. The maximum atomic E-state index is 11.6. The molecule has 1 aliphatic rings. The van der Waals surface area contributed by atoms with Crippen molar-refractivity contribution in [3.8, 4) is 22.6 Å². The molecule has 0 fully saturated rings. The van der Waals surface area contributed by atoms with Gasteiger partial charge in [-0.1, -0.05) is 69.6 Å². The molecule has 4 rings (SSSR count). The van der Waals surface area contributed by atoms with Gasteiger partial charge in [0, 0.05) is 18.7 Å². The topological polar surface area (TPSA) is 47.6 Å². The molecule has 1 unspecified atom stereocenters. The second-order valence-electron chi connectivity index (χ2n) is 7.83. The van der Waals surface area contributed by atoms with E-state index in [9.17, 15) is 4.79 Å². The van der Waals surface area contributed by atoms with Crippen LogP contribution in [0.5, 0.6) is 11.5 Å². The molecule has 1 N–H and O–H groups in total. The van der Waals surface area contributed by atoms with E-state index in [-0.39, 0.29) is 12.0 Å². The fraction of sp³-hybridized carbons (Fsp3) is 0.323. The predicted molar refractivity (Wildman–Crippen MR) is 152 cm³/mol. The number of hydrogen-bond donors (Lipinski definition) is 1. The smallest absolute Gasteiger partial charge is 0.244 e. The lowest BCUT2D eigenvalue weighted by Crippen LogP contribution is -2.14. The van der Waals surface area contributed by atoms with Gasteiger partial charge in [0.1, 0.15) is 17.6 Å². The molecular weight excluding hydrogens is 470 g/mol. The molecule has 1 atom stereocenters. The predicted octanol–water partition coefficient (Wildman–Crippen LogP) is 8.28. The highest BCUT2D eigenvalue weighted by Crippen LogP contribution is 2.42. The number of likely N-dealkylation sites (N-methyl/N-ethyl adjacent to an activating group) is 1. The lowest BCUT2D eigenvalue weighted by atomic mass is 9.96. The minimum Gasteiger partial charge on any atom is -0.497 e. The van der Waals surface area contributed by atoms with Crippen LogP contribution in [0.15, 0.2) is 66.7 Å². The zero-order valence-corrected chi connectivity index (χ0v) is 23.2. The maximum absolute atomic E-state index is 11.6. The highest BCUT2D eigenvalue weighted by Gasteiger charge is 2.27. The van der Waals surface area contributed by atoms with Gasteiger partial charge in [0.25, 0.3) is 0 Å². The molecule has 0 heterocycles. The molecule has 0 aliphatic heterocycles. The lowest BCUT2D eigenvalue weighted by molar-refractivity contribution is -0.116. The van der Waals surface area contributed by atoms with Gasteiger partial charge in [0.2, 0.25) is 5.91 Å². The molecule has 5 heteroatoms. The summed E-state index contributed by atoms with van der Waals surface area (Å²) >= 11 is 6.55. The number of hydrogen-bond acceptors (Lipinski definition) is 3. The van der Waals surface area contributed by atoms with E-state index in [2.05, 4.69) is 23.5 Å². The largest absolute Gasteiger partial charge is 0.497 e. The molecule has 3 aromatic carbocycles. The molecule has 1 amide bonds. The van der Waals surface area contributed by atoms with Crippen molar-refractivity contribution >= 4 is 23.1 Å². The van der Waals surface area contributed by atoms with Gasteiger partial charge in [-0.25, -0.2) is 0 Å². The Labute approximate surface area is 221 Å². The standard InChI is InChI=1S/C27H26ClNO3.2C2H6/c1-17(15-27(30)29-2)18-7-9-19(10-8-18)32-26-14-13-22-21(5-4-6-24(22)26)23-12-11-20(31-3)16-25(23)28;2*1-2/h4-12,15-16,26H,13-14H2,1-3H3,(H,29,30);2*1-2H3/b17-15+;;. The minimum absolute atomic E-state index is 0.00432. The Kier molecular flexibility index (Phi) is 11.6. The molecule has 0 radical (unpaired) electrons. The number of benzene rings is 3. The van der Waals surface area contributed by atoms with Crippen LogP contribution in [0.2, 0.25) is 5.02 Å². The first-order valence-electron chi connectivity index (χ1n) is 12.6. The van der Waals surface area contributed by atoms with Crippen molar-refractivity contribution in [1.82, 2.24) is 5.32 Å². The van der Waals surface area contributed by atoms with Gasteiger partial charge in [0.15, 0.2) is 0 Å². The quantitative estimate of drug-likeness (QED) is 0.341. The van der Waals surface area contributed by atoms with Crippen LogP contribution in [0.4, 0.5) is 0 Å². The van der Waals surface area contributed by atoms with Crippen molar-refractivity contribution < 1.29 is 14.3 Å². The van der Waals surface area contributed by atoms with Gasteiger partial charge in [0.05, 0.1) is 12.1 Å². The molecule has 4 nitrogen and oxygen atoms in total. The first-order chi connectivity index (χ1) is 17.5. The van der Waals surface area contributed by atoms with E-state index >= 15 is 0 Å². The summed E-state index contributed by atoms with van der Waals surface area (Å²) in [4.78, 5) is 11.6. The summed E-state index contributed by atoms with van der Waals surface area (Å²) in [6, 6.07) is 20.0. The van der Waals surface area contributed by atoms with Crippen LogP contribution in [0, 0.1) is 0 Å². The number of carbonyl (C=O) groups is 1. The highest BCUT2D eigenvalue weighted by molar-refractivity contribution is 6.33. The number of rotatable bonds is 6. The van der Waals surface area contributed by atoms with Crippen LogP contribution in [-0.2, 0) is 11.2 Å². The Bertz CT molecular complexity index is 1170. The second kappa shape index (κ2) is 14.4. The Morgan fingerprint density at radius 2 is 1.64 bits per heavy atom. The summed E-state index contributed by atoms with van der Waals surface area (Å²) in [6.45, 7) is 9.92. The molecule has 0 spiro atoms. The molecule has 0 saturated carbocycles. The molecule has 0 aromatic heterocycles. The minimum atomic E-state index is -0.113. The molecule has 0 bridgehead atoms. The van der Waals surface area contributed by atoms with E-state index in [0.29, 0.717) is 5.02 Å². The third-order valence-electron chi connectivity index (χ3n) is 5.86. The number of nitrogens with one attached hydrogen (secondary N) is 1. The van der Waals surface area contributed by atoms with Crippen LogP contribution in [0.1, 0.15) is 63.8 Å². The first kappa shape index (κ1) is 29.0. The van der Waals surface area contributed by atoms with Crippen LogP contribution < -0.4 is 14.8 Å². The Morgan fingerprint density at radius 1 is 0.972 bits per heavy atom. The zero-order valence-electron chi connectivity index (χ0n) is 22.4. The average Bonchev–Trinajstić information content (AvgIpc) is 3.34. The van der Waals surface area contributed by atoms with E-state index in [0.717, 1.165) is 46.6 Å². The average molecular weight is 508 g/mol. The lowest BCUT2D eigenvalue weighted by Gasteiger charge is -2.17. The Morgan fingerprint density at radius 3 is 2.25 bits per heavy atom. The number of amides is 1. The van der Waals surface area contributed by atoms with Gasteiger partial charge in [-0.3, -0.25) is 4.79 Å². The number of fused-ring (bicyclic) bond motifs is 1. The summed E-state index contributed by atoms with van der Waals surface area (Å²) in [5.41, 5.74) is 6.53. The summed E-state index contributed by atoms with van der Waals surface area (Å²) in [6.07, 6.45) is 3.44. The Balaban J connectivity index is 0.00000109. The summed E-state index contributed by atoms with van der Waals surface area (Å²) < 4.78 is 11.6. The van der Waals surface area contributed by atoms with Gasteiger partial charge in [-0.2, -0.15) is 0 Å². The third-order valence-corrected chi connectivity index (χ3v) is 6.18. The highest BCUT2D eigenvalue weighted by atomic mass is 35.5. The summed E-state index contributed by atoms with van der Waals surface area (Å²) in [7, 11) is 3.26. The fourth-order valence-corrected chi connectivity index (χ4v) is 4.42. The van der Waals surface area contributed by atoms with Crippen molar-refractivity contribution in [2.75, 3.05) is 14.2 Å². The number of allylic oxidation sites excluding steroid dienone is 1.